The van der Waals surface area contributed by atoms with Gasteiger partial charge >= 0.3 is 0 Å². The molecular formula is C19H32ClIN4O3S. The summed E-state index contributed by atoms with van der Waals surface area (Å²) in [4.78, 5) is 6.39. The largest absolute Gasteiger partial charge is 0.377 e. The molecule has 29 heavy (non-hydrogen) atoms. The number of aliphatic imine (C=N–C) groups is 1. The van der Waals surface area contributed by atoms with Crippen molar-refractivity contribution < 1.29 is 13.2 Å². The zero-order valence-electron chi connectivity index (χ0n) is 17.1. The second-order valence-electron chi connectivity index (χ2n) is 6.84. The molecule has 10 heteroatoms. The van der Waals surface area contributed by atoms with E-state index < -0.39 is 10.0 Å². The molecule has 1 heterocycles. The Balaban J connectivity index is 0.00000420. The van der Waals surface area contributed by atoms with Crippen molar-refractivity contribution in [2.24, 2.45) is 4.99 Å². The van der Waals surface area contributed by atoms with E-state index in [0.29, 0.717) is 37.2 Å². The maximum absolute atomic E-state index is 12.2. The van der Waals surface area contributed by atoms with Crippen molar-refractivity contribution in [1.82, 2.24) is 14.9 Å². The Morgan fingerprint density at radius 1 is 1.34 bits per heavy atom. The zero-order valence-corrected chi connectivity index (χ0v) is 21.0. The first-order valence-electron chi connectivity index (χ1n) is 9.73. The maximum atomic E-state index is 12.2. The third-order valence-electron chi connectivity index (χ3n) is 4.49. The first kappa shape index (κ1) is 26.4. The average molecular weight is 559 g/mol. The molecule has 0 saturated carbocycles. The molecule has 166 valence electrons. The minimum absolute atomic E-state index is 0. The fourth-order valence-corrected chi connectivity index (χ4v) is 4.07. The van der Waals surface area contributed by atoms with E-state index in [4.69, 9.17) is 16.3 Å². The second kappa shape index (κ2) is 13.6. The monoisotopic (exact) mass is 558 g/mol. The number of sulfonamides is 1. The Morgan fingerprint density at radius 3 is 2.76 bits per heavy atom. The number of guanidine groups is 1. The molecule has 0 aliphatic carbocycles. The van der Waals surface area contributed by atoms with Crippen molar-refractivity contribution in [2.45, 2.75) is 38.8 Å². The van der Waals surface area contributed by atoms with Gasteiger partial charge in [-0.05, 0) is 37.8 Å². The van der Waals surface area contributed by atoms with Crippen molar-refractivity contribution >= 4 is 51.6 Å². The minimum Gasteiger partial charge on any atom is -0.377 e. The van der Waals surface area contributed by atoms with Gasteiger partial charge < -0.3 is 15.0 Å². The highest BCUT2D eigenvalue weighted by Gasteiger charge is 2.17. The Bertz CT molecular complexity index is 743. The van der Waals surface area contributed by atoms with E-state index in [1.54, 1.807) is 0 Å². The normalized spacial score (nSPS) is 17.5. The lowest BCUT2D eigenvalue weighted by Crippen LogP contribution is -2.39. The lowest BCUT2D eigenvalue weighted by Gasteiger charge is -2.23. The van der Waals surface area contributed by atoms with Crippen LogP contribution in [0.2, 0.25) is 5.02 Å². The van der Waals surface area contributed by atoms with Gasteiger partial charge in [-0.2, -0.15) is 0 Å². The molecule has 7 nitrogen and oxygen atoms in total. The molecule has 1 aliphatic rings. The Labute approximate surface area is 196 Å². The molecule has 0 radical (unpaired) electrons. The van der Waals surface area contributed by atoms with E-state index in [1.807, 2.05) is 43.1 Å². The van der Waals surface area contributed by atoms with Crippen molar-refractivity contribution in [3.8, 4) is 0 Å². The van der Waals surface area contributed by atoms with Crippen molar-refractivity contribution in [1.29, 1.82) is 0 Å². The summed E-state index contributed by atoms with van der Waals surface area (Å²) in [5.41, 5.74) is 0.985. The molecule has 2 N–H and O–H groups in total. The van der Waals surface area contributed by atoms with Gasteiger partial charge in [-0.1, -0.05) is 29.8 Å². The molecule has 2 rings (SSSR count). The first-order chi connectivity index (χ1) is 13.4. The fraction of sp³-hybridized carbons (Fsp3) is 0.632. The van der Waals surface area contributed by atoms with Gasteiger partial charge in [0.1, 0.15) is 0 Å². The highest BCUT2D eigenvalue weighted by Crippen LogP contribution is 2.16. The molecule has 1 aromatic rings. The number of hydrogen-bond donors (Lipinski definition) is 2. The molecule has 1 fully saturated rings. The number of benzene rings is 1. The average Bonchev–Trinajstić information content (AvgIpc) is 2.68. The van der Waals surface area contributed by atoms with Gasteiger partial charge in [0.15, 0.2) is 5.96 Å². The molecule has 0 spiro atoms. The standard InChI is InChI=1S/C19H31ClN4O3S.HI/c1-3-21-19(24(2)15-16-8-4-5-10-18(16)20)22-11-13-28(25,26)23-14-17-9-6-7-12-27-17;/h4-5,8,10,17,23H,3,6-7,9,11-15H2,1-2H3,(H,21,22);1H. The molecule has 0 aromatic heterocycles. The molecule has 1 aliphatic heterocycles. The van der Waals surface area contributed by atoms with Crippen molar-refractivity contribution in [3.63, 3.8) is 0 Å². The van der Waals surface area contributed by atoms with E-state index in [2.05, 4.69) is 15.0 Å². The van der Waals surface area contributed by atoms with Gasteiger partial charge in [-0.15, -0.1) is 24.0 Å². The van der Waals surface area contributed by atoms with Crippen LogP contribution in [0.5, 0.6) is 0 Å². The van der Waals surface area contributed by atoms with E-state index in [9.17, 15) is 8.42 Å². The van der Waals surface area contributed by atoms with E-state index >= 15 is 0 Å². The van der Waals surface area contributed by atoms with Crippen LogP contribution in [0, 0.1) is 0 Å². The molecule has 1 saturated heterocycles. The van der Waals surface area contributed by atoms with Crippen molar-refractivity contribution in [3.05, 3.63) is 34.9 Å². The number of rotatable bonds is 9. The van der Waals surface area contributed by atoms with Crippen LogP contribution < -0.4 is 10.0 Å². The maximum Gasteiger partial charge on any atom is 0.213 e. The highest BCUT2D eigenvalue weighted by atomic mass is 127. The van der Waals surface area contributed by atoms with Gasteiger partial charge in [0.25, 0.3) is 0 Å². The number of nitrogens with zero attached hydrogens (tertiary/aromatic N) is 2. The van der Waals surface area contributed by atoms with Crippen molar-refractivity contribution in [2.75, 3.05) is 39.0 Å². The van der Waals surface area contributed by atoms with Gasteiger partial charge in [-0.3, -0.25) is 4.99 Å². The molecule has 1 atom stereocenters. The molecular weight excluding hydrogens is 527 g/mol. The van der Waals surface area contributed by atoms with Crippen LogP contribution in [-0.4, -0.2) is 64.4 Å². The summed E-state index contributed by atoms with van der Waals surface area (Å²) in [6.45, 7) is 4.46. The van der Waals surface area contributed by atoms with Gasteiger partial charge in [0, 0.05) is 38.3 Å². The van der Waals surface area contributed by atoms with Crippen LogP contribution in [0.4, 0.5) is 0 Å². The molecule has 1 aromatic carbocycles. The predicted molar refractivity (Wildman–Crippen MR) is 130 cm³/mol. The molecule has 0 amide bonds. The number of nitrogens with one attached hydrogen (secondary N) is 2. The smallest absolute Gasteiger partial charge is 0.213 e. The summed E-state index contributed by atoms with van der Waals surface area (Å²) in [6.07, 6.45) is 3.01. The van der Waals surface area contributed by atoms with Crippen LogP contribution in [-0.2, 0) is 21.3 Å². The third-order valence-corrected chi connectivity index (χ3v) is 6.18. The Kier molecular flexibility index (Phi) is 12.4. The van der Waals surface area contributed by atoms with Crippen LogP contribution in [0.1, 0.15) is 31.7 Å². The predicted octanol–water partition coefficient (Wildman–Crippen LogP) is 2.84. The van der Waals surface area contributed by atoms with Gasteiger partial charge in [0.2, 0.25) is 10.0 Å². The van der Waals surface area contributed by atoms with Crippen LogP contribution in [0.3, 0.4) is 0 Å². The number of hydrogen-bond acceptors (Lipinski definition) is 4. The summed E-state index contributed by atoms with van der Waals surface area (Å²) in [5, 5.41) is 3.89. The third kappa shape index (κ3) is 9.82. The second-order valence-corrected chi connectivity index (χ2v) is 9.17. The SMILES string of the molecule is CCNC(=NCCS(=O)(=O)NCC1CCCCO1)N(C)Cc1ccccc1Cl.I. The number of ether oxygens (including phenoxy) is 1. The van der Waals surface area contributed by atoms with Crippen LogP contribution in [0.15, 0.2) is 29.3 Å². The Morgan fingerprint density at radius 2 is 2.10 bits per heavy atom. The summed E-state index contributed by atoms with van der Waals surface area (Å²) in [6, 6.07) is 7.64. The zero-order chi connectivity index (χ0) is 20.4. The highest BCUT2D eigenvalue weighted by molar-refractivity contribution is 14.0. The Hall–Kier alpha value is -0.620. The van der Waals surface area contributed by atoms with E-state index in [-0.39, 0.29) is 42.4 Å². The van der Waals surface area contributed by atoms with Crippen LogP contribution in [0.25, 0.3) is 0 Å². The summed E-state index contributed by atoms with van der Waals surface area (Å²) < 4.78 is 32.7. The first-order valence-corrected chi connectivity index (χ1v) is 11.8. The molecule has 0 bridgehead atoms. The summed E-state index contributed by atoms with van der Waals surface area (Å²) in [7, 11) is -1.49. The topological polar surface area (TPSA) is 83.0 Å². The summed E-state index contributed by atoms with van der Waals surface area (Å²) >= 11 is 6.23. The number of halogens is 2. The lowest BCUT2D eigenvalue weighted by atomic mass is 10.1. The van der Waals surface area contributed by atoms with Crippen LogP contribution >= 0.6 is 35.6 Å². The summed E-state index contributed by atoms with van der Waals surface area (Å²) in [5.74, 6) is 0.586. The fourth-order valence-electron chi connectivity index (χ4n) is 2.96. The van der Waals surface area contributed by atoms with E-state index in [0.717, 1.165) is 24.8 Å². The van der Waals surface area contributed by atoms with Gasteiger partial charge in [0.05, 0.1) is 18.4 Å². The molecule has 1 unspecified atom stereocenters. The minimum atomic E-state index is -3.39. The quantitative estimate of drug-likeness (QED) is 0.277. The van der Waals surface area contributed by atoms with Gasteiger partial charge in [-0.25, -0.2) is 13.1 Å². The lowest BCUT2D eigenvalue weighted by molar-refractivity contribution is 0.0200. The van der Waals surface area contributed by atoms with E-state index in [1.165, 1.54) is 0 Å².